The molecule has 0 bridgehead atoms. The normalized spacial score (nSPS) is 10.6. The van der Waals surface area contributed by atoms with Crippen LogP contribution in [0.15, 0.2) is 48.5 Å². The smallest absolute Gasteiger partial charge is 0.159 e. The average molecular weight is 338 g/mol. The van der Waals surface area contributed by atoms with E-state index in [-0.39, 0.29) is 17.7 Å². The molecule has 0 unspecified atom stereocenters. The van der Waals surface area contributed by atoms with Crippen molar-refractivity contribution < 1.29 is 9.59 Å². The van der Waals surface area contributed by atoms with Gasteiger partial charge in [0.2, 0.25) is 0 Å². The number of rotatable bonds is 9. The third kappa shape index (κ3) is 5.75. The summed E-state index contributed by atoms with van der Waals surface area (Å²) in [5.74, 6) is 0.103. The van der Waals surface area contributed by atoms with E-state index in [1.807, 2.05) is 48.5 Å². The Labute approximate surface area is 149 Å². The number of nitrogens with one attached hydrogen (secondary N) is 2. The predicted octanol–water partition coefficient (Wildman–Crippen LogP) is 5.13. The van der Waals surface area contributed by atoms with Gasteiger partial charge in [0.25, 0.3) is 0 Å². The van der Waals surface area contributed by atoms with Gasteiger partial charge < -0.3 is 10.6 Å². The number of anilines is 2. The number of carbonyl (C=O) groups excluding carboxylic acids is 2. The SMILES string of the molecule is CCCCC(Nc1cccc(C(C)=O)c1)Nc1cccc(C(C)=O)c1. The lowest BCUT2D eigenvalue weighted by molar-refractivity contribution is 0.100. The van der Waals surface area contributed by atoms with Crippen molar-refractivity contribution in [2.45, 2.75) is 46.2 Å². The summed E-state index contributed by atoms with van der Waals surface area (Å²) < 4.78 is 0. The lowest BCUT2D eigenvalue weighted by Gasteiger charge is -2.23. The Morgan fingerprint density at radius 2 is 1.36 bits per heavy atom. The van der Waals surface area contributed by atoms with E-state index in [9.17, 15) is 9.59 Å². The number of hydrogen-bond acceptors (Lipinski definition) is 4. The molecule has 0 saturated carbocycles. The molecule has 0 radical (unpaired) electrons. The third-order valence-electron chi connectivity index (χ3n) is 4.07. The Balaban J connectivity index is 2.15. The second-order valence-electron chi connectivity index (χ2n) is 6.26. The molecule has 0 fully saturated rings. The minimum Gasteiger partial charge on any atom is -0.365 e. The molecule has 0 spiro atoms. The maximum absolute atomic E-state index is 11.6. The largest absolute Gasteiger partial charge is 0.365 e. The molecule has 2 aromatic carbocycles. The zero-order valence-corrected chi connectivity index (χ0v) is 15.1. The van der Waals surface area contributed by atoms with E-state index in [2.05, 4.69) is 17.6 Å². The van der Waals surface area contributed by atoms with E-state index in [1.54, 1.807) is 13.8 Å². The van der Waals surface area contributed by atoms with Gasteiger partial charge in [-0.25, -0.2) is 0 Å². The Bertz CT molecular complexity index is 681. The molecule has 0 aromatic heterocycles. The summed E-state index contributed by atoms with van der Waals surface area (Å²) in [6.07, 6.45) is 3.12. The van der Waals surface area contributed by atoms with Crippen LogP contribution in [0.5, 0.6) is 0 Å². The molecule has 0 aliphatic rings. The third-order valence-corrected chi connectivity index (χ3v) is 4.07. The molecule has 4 heteroatoms. The van der Waals surface area contributed by atoms with Crippen molar-refractivity contribution >= 4 is 22.9 Å². The number of carbonyl (C=O) groups is 2. The summed E-state index contributed by atoms with van der Waals surface area (Å²) in [4.78, 5) is 23.1. The number of ketones is 2. The summed E-state index contributed by atoms with van der Waals surface area (Å²) >= 11 is 0. The first kappa shape index (κ1) is 18.7. The summed E-state index contributed by atoms with van der Waals surface area (Å²) in [5, 5.41) is 6.92. The molecular weight excluding hydrogens is 312 g/mol. The van der Waals surface area contributed by atoms with Gasteiger partial charge in [-0.3, -0.25) is 9.59 Å². The van der Waals surface area contributed by atoms with Gasteiger partial charge in [-0.2, -0.15) is 0 Å². The van der Waals surface area contributed by atoms with Gasteiger partial charge in [-0.05, 0) is 51.0 Å². The van der Waals surface area contributed by atoms with Crippen LogP contribution in [0.4, 0.5) is 11.4 Å². The lowest BCUT2D eigenvalue weighted by atomic mass is 10.1. The number of hydrogen-bond donors (Lipinski definition) is 2. The van der Waals surface area contributed by atoms with Crippen LogP contribution in [0, 0.1) is 0 Å². The van der Waals surface area contributed by atoms with Gasteiger partial charge in [0.15, 0.2) is 11.6 Å². The minimum atomic E-state index is 0.0179. The van der Waals surface area contributed by atoms with Crippen LogP contribution in [0.1, 0.15) is 60.7 Å². The molecule has 0 heterocycles. The fourth-order valence-corrected chi connectivity index (χ4v) is 2.65. The topological polar surface area (TPSA) is 58.2 Å². The fourth-order valence-electron chi connectivity index (χ4n) is 2.65. The van der Waals surface area contributed by atoms with Crippen molar-refractivity contribution in [2.75, 3.05) is 10.6 Å². The van der Waals surface area contributed by atoms with Crippen LogP contribution in [-0.2, 0) is 0 Å². The summed E-state index contributed by atoms with van der Waals surface area (Å²) in [7, 11) is 0. The molecule has 0 aliphatic carbocycles. The number of benzene rings is 2. The maximum atomic E-state index is 11.6. The quantitative estimate of drug-likeness (QED) is 0.491. The second kappa shape index (κ2) is 9.02. The van der Waals surface area contributed by atoms with E-state index < -0.39 is 0 Å². The van der Waals surface area contributed by atoms with Gasteiger partial charge in [0, 0.05) is 22.5 Å². The lowest BCUT2D eigenvalue weighted by Crippen LogP contribution is -2.28. The van der Waals surface area contributed by atoms with Crippen molar-refractivity contribution in [2.24, 2.45) is 0 Å². The van der Waals surface area contributed by atoms with Crippen LogP contribution in [0.3, 0.4) is 0 Å². The fraction of sp³-hybridized carbons (Fsp3) is 0.333. The zero-order chi connectivity index (χ0) is 18.2. The summed E-state index contributed by atoms with van der Waals surface area (Å²) in [6.45, 7) is 5.29. The molecule has 2 aromatic rings. The number of unbranched alkanes of at least 4 members (excludes halogenated alkanes) is 1. The first-order chi connectivity index (χ1) is 12.0. The Morgan fingerprint density at radius 3 is 1.76 bits per heavy atom. The van der Waals surface area contributed by atoms with E-state index >= 15 is 0 Å². The highest BCUT2D eigenvalue weighted by Crippen LogP contribution is 2.18. The predicted molar refractivity (Wildman–Crippen MR) is 103 cm³/mol. The Morgan fingerprint density at radius 1 is 0.880 bits per heavy atom. The van der Waals surface area contributed by atoms with Crippen molar-refractivity contribution in [1.82, 2.24) is 0 Å². The van der Waals surface area contributed by atoms with Crippen molar-refractivity contribution in [3.63, 3.8) is 0 Å². The molecule has 4 nitrogen and oxygen atoms in total. The van der Waals surface area contributed by atoms with Gasteiger partial charge in [0.1, 0.15) is 0 Å². The van der Waals surface area contributed by atoms with Gasteiger partial charge in [-0.15, -0.1) is 0 Å². The molecule has 0 aliphatic heterocycles. The number of Topliss-reactive ketones (excluding diaryl/α,β-unsaturated/α-hetero) is 2. The van der Waals surface area contributed by atoms with E-state index in [0.29, 0.717) is 11.1 Å². The van der Waals surface area contributed by atoms with Gasteiger partial charge in [0.05, 0.1) is 6.17 Å². The van der Waals surface area contributed by atoms with E-state index in [1.165, 1.54) is 0 Å². The van der Waals surface area contributed by atoms with Gasteiger partial charge in [-0.1, -0.05) is 37.6 Å². The zero-order valence-electron chi connectivity index (χ0n) is 15.1. The molecule has 0 amide bonds. The van der Waals surface area contributed by atoms with E-state index in [0.717, 1.165) is 30.6 Å². The van der Waals surface area contributed by atoms with E-state index in [4.69, 9.17) is 0 Å². The first-order valence-electron chi connectivity index (χ1n) is 8.74. The molecule has 2 rings (SSSR count). The highest BCUT2D eigenvalue weighted by molar-refractivity contribution is 5.95. The maximum Gasteiger partial charge on any atom is 0.159 e. The highest BCUT2D eigenvalue weighted by Gasteiger charge is 2.10. The van der Waals surface area contributed by atoms with Crippen LogP contribution >= 0.6 is 0 Å². The summed E-state index contributed by atoms with van der Waals surface area (Å²) in [6, 6.07) is 15.1. The molecule has 2 N–H and O–H groups in total. The van der Waals surface area contributed by atoms with Crippen molar-refractivity contribution in [3.8, 4) is 0 Å². The monoisotopic (exact) mass is 338 g/mol. The van der Waals surface area contributed by atoms with Crippen LogP contribution in [0.2, 0.25) is 0 Å². The van der Waals surface area contributed by atoms with Crippen molar-refractivity contribution in [1.29, 1.82) is 0 Å². The molecule has 0 atom stereocenters. The standard InChI is InChI=1S/C21H26N2O2/c1-4-5-12-21(22-19-10-6-8-17(13-19)15(2)24)23-20-11-7-9-18(14-20)16(3)25/h6-11,13-14,21-23H,4-5,12H2,1-3H3. The summed E-state index contributed by atoms with van der Waals surface area (Å²) in [5.41, 5.74) is 3.20. The van der Waals surface area contributed by atoms with Crippen LogP contribution in [0.25, 0.3) is 0 Å². The average Bonchev–Trinajstić information content (AvgIpc) is 2.60. The highest BCUT2D eigenvalue weighted by atomic mass is 16.1. The molecule has 25 heavy (non-hydrogen) atoms. The van der Waals surface area contributed by atoms with Crippen molar-refractivity contribution in [3.05, 3.63) is 59.7 Å². The Hall–Kier alpha value is -2.62. The van der Waals surface area contributed by atoms with Crippen LogP contribution < -0.4 is 10.6 Å². The molecule has 0 saturated heterocycles. The Kier molecular flexibility index (Phi) is 6.75. The van der Waals surface area contributed by atoms with Crippen LogP contribution in [-0.4, -0.2) is 17.7 Å². The first-order valence-corrected chi connectivity index (χ1v) is 8.74. The second-order valence-corrected chi connectivity index (χ2v) is 6.26. The minimum absolute atomic E-state index is 0.0179. The van der Waals surface area contributed by atoms with Gasteiger partial charge >= 0.3 is 0 Å². The molecule has 132 valence electrons. The molecular formula is C21H26N2O2.